The van der Waals surface area contributed by atoms with E-state index in [4.69, 9.17) is 11.6 Å². The quantitative estimate of drug-likeness (QED) is 0.390. The molecule has 1 rings (SSSR count). The van der Waals surface area contributed by atoms with Crippen LogP contribution in [0.4, 0.5) is 4.39 Å². The number of aliphatic hydroxyl groups excluding tert-OH is 1. The Morgan fingerprint density at radius 3 is 2.65 bits per heavy atom. The SMILES string of the molecule is COC(=O)C(=O)C=C(O)c1c(F)cccc1Cl. The van der Waals surface area contributed by atoms with E-state index in [-0.39, 0.29) is 10.6 Å². The fraction of sp³-hybridized carbons (Fsp3) is 0.0909. The first kappa shape index (κ1) is 13.2. The highest BCUT2D eigenvalue weighted by Crippen LogP contribution is 2.24. The van der Waals surface area contributed by atoms with Crippen LogP contribution in [0.25, 0.3) is 5.76 Å². The van der Waals surface area contributed by atoms with Gasteiger partial charge in [0.05, 0.1) is 17.7 Å². The normalized spacial score (nSPS) is 11.1. The minimum Gasteiger partial charge on any atom is -0.507 e. The number of aliphatic hydroxyl groups is 1. The van der Waals surface area contributed by atoms with Crippen LogP contribution in [0.1, 0.15) is 5.56 Å². The summed E-state index contributed by atoms with van der Waals surface area (Å²) in [5, 5.41) is 9.43. The highest BCUT2D eigenvalue weighted by atomic mass is 35.5. The highest BCUT2D eigenvalue weighted by molar-refractivity contribution is 6.39. The second kappa shape index (κ2) is 5.45. The maximum absolute atomic E-state index is 13.3. The molecule has 0 saturated carbocycles. The van der Waals surface area contributed by atoms with Crippen LogP contribution in [0.2, 0.25) is 5.02 Å². The van der Waals surface area contributed by atoms with Crippen LogP contribution in [0.3, 0.4) is 0 Å². The van der Waals surface area contributed by atoms with Crippen molar-refractivity contribution >= 4 is 29.1 Å². The minimum absolute atomic E-state index is 0.0728. The number of hydrogen-bond acceptors (Lipinski definition) is 4. The Kier molecular flexibility index (Phi) is 4.23. The number of methoxy groups -OCH3 is 1. The van der Waals surface area contributed by atoms with Crippen LogP contribution >= 0.6 is 11.6 Å². The number of ketones is 1. The summed E-state index contributed by atoms with van der Waals surface area (Å²) >= 11 is 5.65. The van der Waals surface area contributed by atoms with Gasteiger partial charge in [0.15, 0.2) is 0 Å². The number of rotatable bonds is 3. The minimum atomic E-state index is -1.16. The van der Waals surface area contributed by atoms with Crippen LogP contribution in [0.5, 0.6) is 0 Å². The van der Waals surface area contributed by atoms with Gasteiger partial charge in [-0.2, -0.15) is 0 Å². The Bertz CT molecular complexity index is 476. The Morgan fingerprint density at radius 2 is 2.12 bits per heavy atom. The van der Waals surface area contributed by atoms with Crippen LogP contribution in [-0.4, -0.2) is 24.0 Å². The van der Waals surface area contributed by atoms with E-state index in [1.807, 2.05) is 0 Å². The van der Waals surface area contributed by atoms with Crippen LogP contribution in [-0.2, 0) is 14.3 Å². The molecule has 0 bridgehead atoms. The number of ether oxygens (including phenoxy) is 1. The standard InChI is InChI=1S/C11H8ClFO4/c1-17-11(16)9(15)5-8(14)10-6(12)3-2-4-7(10)13/h2-5,14H,1H3. The summed E-state index contributed by atoms with van der Waals surface area (Å²) in [5.74, 6) is -3.80. The van der Waals surface area contributed by atoms with E-state index in [2.05, 4.69) is 4.74 Å². The molecule has 1 aromatic carbocycles. The van der Waals surface area contributed by atoms with Crippen molar-refractivity contribution in [2.24, 2.45) is 0 Å². The molecule has 0 radical (unpaired) electrons. The molecule has 0 unspecified atom stereocenters. The zero-order valence-electron chi connectivity index (χ0n) is 8.74. The number of hydrogen-bond donors (Lipinski definition) is 1. The van der Waals surface area contributed by atoms with Crippen molar-refractivity contribution in [2.75, 3.05) is 7.11 Å². The van der Waals surface area contributed by atoms with Crippen molar-refractivity contribution in [1.82, 2.24) is 0 Å². The third-order valence-electron chi connectivity index (χ3n) is 1.87. The average Bonchev–Trinajstić information content (AvgIpc) is 2.27. The van der Waals surface area contributed by atoms with Crippen LogP contribution in [0.15, 0.2) is 24.3 Å². The second-order valence-electron chi connectivity index (χ2n) is 2.98. The molecule has 1 N–H and O–H groups in total. The lowest BCUT2D eigenvalue weighted by Gasteiger charge is -2.04. The molecule has 0 fully saturated rings. The van der Waals surface area contributed by atoms with Crippen molar-refractivity contribution in [1.29, 1.82) is 0 Å². The van der Waals surface area contributed by atoms with Crippen LogP contribution in [0, 0.1) is 5.82 Å². The molecule has 0 heterocycles. The summed E-state index contributed by atoms with van der Waals surface area (Å²) in [6.07, 6.45) is 0.552. The lowest BCUT2D eigenvalue weighted by molar-refractivity contribution is -0.149. The molecule has 17 heavy (non-hydrogen) atoms. The van der Waals surface area contributed by atoms with Gasteiger partial charge < -0.3 is 9.84 Å². The average molecular weight is 259 g/mol. The van der Waals surface area contributed by atoms with Crippen molar-refractivity contribution in [2.45, 2.75) is 0 Å². The fourth-order valence-electron chi connectivity index (χ4n) is 1.10. The number of esters is 1. The van der Waals surface area contributed by atoms with Gasteiger partial charge in [0.25, 0.3) is 5.78 Å². The third-order valence-corrected chi connectivity index (χ3v) is 2.19. The van der Waals surface area contributed by atoms with Crippen molar-refractivity contribution in [3.63, 3.8) is 0 Å². The predicted octanol–water partition coefficient (Wildman–Crippen LogP) is 2.12. The van der Waals surface area contributed by atoms with Gasteiger partial charge >= 0.3 is 5.97 Å². The zero-order chi connectivity index (χ0) is 13.0. The smallest absolute Gasteiger partial charge is 0.378 e. The molecule has 6 heteroatoms. The molecule has 0 aromatic heterocycles. The summed E-state index contributed by atoms with van der Waals surface area (Å²) in [4.78, 5) is 21.9. The highest BCUT2D eigenvalue weighted by Gasteiger charge is 2.16. The van der Waals surface area contributed by atoms with Gasteiger partial charge in [-0.1, -0.05) is 17.7 Å². The molecule has 0 aliphatic carbocycles. The molecular weight excluding hydrogens is 251 g/mol. The number of benzene rings is 1. The summed E-state index contributed by atoms with van der Waals surface area (Å²) in [6, 6.07) is 3.75. The Labute approximate surface area is 101 Å². The lowest BCUT2D eigenvalue weighted by Crippen LogP contribution is -2.13. The van der Waals surface area contributed by atoms with E-state index < -0.39 is 23.3 Å². The van der Waals surface area contributed by atoms with Crippen LogP contribution < -0.4 is 0 Å². The monoisotopic (exact) mass is 258 g/mol. The topological polar surface area (TPSA) is 63.6 Å². The maximum atomic E-state index is 13.3. The summed E-state index contributed by atoms with van der Waals surface area (Å²) < 4.78 is 17.5. The molecule has 0 saturated heterocycles. The number of halogens is 2. The van der Waals surface area contributed by atoms with Gasteiger partial charge in [-0.15, -0.1) is 0 Å². The molecule has 0 aliphatic heterocycles. The Morgan fingerprint density at radius 1 is 1.47 bits per heavy atom. The molecule has 1 aromatic rings. The Balaban J connectivity index is 3.12. The molecular formula is C11H8ClFO4. The molecule has 90 valence electrons. The summed E-state index contributed by atoms with van der Waals surface area (Å²) in [7, 11) is 1.02. The zero-order valence-corrected chi connectivity index (χ0v) is 9.49. The van der Waals surface area contributed by atoms with E-state index in [9.17, 15) is 19.1 Å². The van der Waals surface area contributed by atoms with Gasteiger partial charge in [-0.3, -0.25) is 4.79 Å². The maximum Gasteiger partial charge on any atom is 0.378 e. The van der Waals surface area contributed by atoms with E-state index in [1.54, 1.807) is 0 Å². The molecule has 0 atom stereocenters. The van der Waals surface area contributed by atoms with Gasteiger partial charge in [0.2, 0.25) is 0 Å². The van der Waals surface area contributed by atoms with Gasteiger partial charge in [0, 0.05) is 6.08 Å². The van der Waals surface area contributed by atoms with Gasteiger partial charge in [-0.05, 0) is 12.1 Å². The van der Waals surface area contributed by atoms with Gasteiger partial charge in [-0.25, -0.2) is 9.18 Å². The molecule has 0 spiro atoms. The molecule has 0 aliphatic rings. The number of carbonyl (C=O) groups excluding carboxylic acids is 2. The molecule has 4 nitrogen and oxygen atoms in total. The first-order chi connectivity index (χ1) is 7.97. The van der Waals surface area contributed by atoms with E-state index >= 15 is 0 Å². The first-order valence-electron chi connectivity index (χ1n) is 4.44. The van der Waals surface area contributed by atoms with E-state index in [0.717, 1.165) is 13.2 Å². The lowest BCUT2D eigenvalue weighted by atomic mass is 10.1. The van der Waals surface area contributed by atoms with E-state index in [0.29, 0.717) is 6.08 Å². The number of carbonyl (C=O) groups is 2. The summed E-state index contributed by atoms with van der Waals surface area (Å²) in [5.41, 5.74) is -0.341. The van der Waals surface area contributed by atoms with Crippen molar-refractivity contribution < 1.29 is 23.8 Å². The molecule has 0 amide bonds. The second-order valence-corrected chi connectivity index (χ2v) is 3.39. The largest absolute Gasteiger partial charge is 0.507 e. The van der Waals surface area contributed by atoms with Gasteiger partial charge in [0.1, 0.15) is 11.6 Å². The predicted molar refractivity (Wildman–Crippen MR) is 59.0 cm³/mol. The third kappa shape index (κ3) is 3.04. The summed E-state index contributed by atoms with van der Waals surface area (Å²) in [6.45, 7) is 0. The van der Waals surface area contributed by atoms with Crippen molar-refractivity contribution in [3.8, 4) is 0 Å². The Hall–Kier alpha value is -1.88. The fourth-order valence-corrected chi connectivity index (χ4v) is 1.36. The van der Waals surface area contributed by atoms with Crippen molar-refractivity contribution in [3.05, 3.63) is 40.7 Å². The first-order valence-corrected chi connectivity index (χ1v) is 4.82. The van der Waals surface area contributed by atoms with E-state index in [1.165, 1.54) is 12.1 Å².